The molecule has 59 heavy (non-hydrogen) atoms. The Morgan fingerprint density at radius 2 is 0.915 bits per heavy atom. The maximum Gasteiger partial charge on any atom is 0.327 e. The first-order valence-corrected chi connectivity index (χ1v) is 18.7. The SMILES string of the molecule is CC1(C)SC2C(NC(=O)[C@@H](NC(=O)CC(=O)N[C@@H](C(=O)NC3C(=O)N4C3SC(C)(C)[C@H]4C(=O)O)c3ccc(O)cc3)c3ccc(O)cc3)C(=O)N2[C@H]1C(=O)O.[Ac].[Ac].[Ac].[Ac]. The number of nitrogens with zero attached hydrogens (tertiary/aromatic N) is 2. The van der Waals surface area contributed by atoms with Crippen LogP contribution in [0.1, 0.15) is 57.3 Å². The Morgan fingerprint density at radius 1 is 0.610 bits per heavy atom. The average Bonchev–Trinajstić information content (AvgIpc) is 3.52. The molecular weight excluding hydrogens is 1670 g/mol. The van der Waals surface area contributed by atoms with Gasteiger partial charge in [0.05, 0.1) is 0 Å². The molecule has 4 fully saturated rings. The molecule has 304 valence electrons. The van der Waals surface area contributed by atoms with Crippen LogP contribution in [-0.2, 0) is 38.4 Å². The number of carboxylic acid groups (broad SMARTS) is 2. The summed E-state index contributed by atoms with van der Waals surface area (Å²) in [7, 11) is 0. The number of rotatable bonds is 12. The van der Waals surface area contributed by atoms with Gasteiger partial charge in [0.2, 0.25) is 35.4 Å². The number of β-lactam (4-membered cyclic amide) rings is 2. The zero-order chi connectivity index (χ0) is 40.3. The number of phenolic OH excluding ortho intramolecular Hbond substituents is 2. The van der Waals surface area contributed by atoms with Crippen molar-refractivity contribution < 1.29 is 235 Å². The molecule has 18 nitrogen and oxygen atoms in total. The van der Waals surface area contributed by atoms with Gasteiger partial charge in [-0.15, -0.1) is 23.5 Å². The molecule has 0 spiro atoms. The summed E-state index contributed by atoms with van der Waals surface area (Å²) in [5.41, 5.74) is 0.350. The summed E-state index contributed by atoms with van der Waals surface area (Å²) in [6, 6.07) is 3.01. The van der Waals surface area contributed by atoms with Gasteiger partial charge in [-0.1, -0.05) is 24.3 Å². The standard InChI is InChI=1S/C35H38N6O12S2.4Ac/c1-34(2)24(32(50)51)40-28(48)22(30(40)54-34)38-26(46)20(14-5-9-16(42)10-6-14)36-18(44)13-19(45)37-21(15-7-11-17(43)12-8-15)27(47)39-23-29(49)41-25(33(52)53)35(3,4)55-31(23)41;;;;/h5-12,20-25,30-31,42-43H,13H2,1-4H3,(H,36,44)(H,37,45)(H,38,46)(H,39,47)(H,50,51)(H,52,53);;;;/t20-,21+,22?,23?,24-,25+,30?,31?;;;;. The topological polar surface area (TPSA) is 272 Å². The first-order chi connectivity index (χ1) is 25.7. The van der Waals surface area contributed by atoms with Crippen molar-refractivity contribution in [1.29, 1.82) is 0 Å². The third-order valence-electron chi connectivity index (χ3n) is 9.85. The minimum absolute atomic E-state index is 0. The van der Waals surface area contributed by atoms with E-state index in [0.29, 0.717) is 0 Å². The quantitative estimate of drug-likeness (QED) is 0.101. The van der Waals surface area contributed by atoms with Gasteiger partial charge in [0.15, 0.2) is 0 Å². The van der Waals surface area contributed by atoms with Gasteiger partial charge in [-0.2, -0.15) is 0 Å². The number of amides is 6. The fraction of sp³-hybridized carbons (Fsp3) is 0.429. The van der Waals surface area contributed by atoms with Crippen molar-refractivity contribution in [3.05, 3.63) is 59.7 Å². The predicted molar refractivity (Wildman–Crippen MR) is 194 cm³/mol. The van der Waals surface area contributed by atoms with Crippen LogP contribution in [0, 0.1) is 176 Å². The first-order valence-electron chi connectivity index (χ1n) is 16.9. The summed E-state index contributed by atoms with van der Waals surface area (Å²) in [4.78, 5) is 106. The van der Waals surface area contributed by atoms with Crippen LogP contribution in [0.25, 0.3) is 0 Å². The molecule has 0 aromatic heterocycles. The number of benzene rings is 2. The van der Waals surface area contributed by atoms with Crippen LogP contribution < -0.4 is 21.3 Å². The van der Waals surface area contributed by atoms with E-state index in [1.54, 1.807) is 27.7 Å². The van der Waals surface area contributed by atoms with Gasteiger partial charge in [0.1, 0.15) is 64.9 Å². The van der Waals surface area contributed by atoms with Crippen molar-refractivity contribution >= 4 is 70.9 Å². The second kappa shape index (κ2) is 22.0. The van der Waals surface area contributed by atoms with Gasteiger partial charge in [0.25, 0.3) is 0 Å². The predicted octanol–water partition coefficient (Wildman–Crippen LogP) is -0.234. The molecule has 4 radical (unpaired) electrons. The van der Waals surface area contributed by atoms with Gasteiger partial charge >= 0.3 is 11.9 Å². The average molecular weight is 1710 g/mol. The molecule has 6 amide bonds. The summed E-state index contributed by atoms with van der Waals surface area (Å²) < 4.78 is -1.72. The summed E-state index contributed by atoms with van der Waals surface area (Å²) in [5, 5.41) is 47.8. The van der Waals surface area contributed by atoms with Gasteiger partial charge in [-0.3, -0.25) is 28.8 Å². The minimum Gasteiger partial charge on any atom is -0.508 e. The van der Waals surface area contributed by atoms with Crippen molar-refractivity contribution in [3.8, 4) is 11.5 Å². The Bertz CT molecular complexity index is 1860. The van der Waals surface area contributed by atoms with Crippen LogP contribution in [0.15, 0.2) is 48.5 Å². The Labute approximate surface area is 490 Å². The van der Waals surface area contributed by atoms with Crippen LogP contribution in [-0.4, -0.2) is 122 Å². The molecular formula is C35H38Ac4N6O12S2. The van der Waals surface area contributed by atoms with E-state index in [2.05, 4.69) is 21.3 Å². The molecule has 0 aliphatic carbocycles. The Morgan fingerprint density at radius 3 is 1.20 bits per heavy atom. The Hall–Kier alpha value is 0.266. The summed E-state index contributed by atoms with van der Waals surface area (Å²) in [6.45, 7) is 6.70. The van der Waals surface area contributed by atoms with Gasteiger partial charge in [-0.05, 0) is 63.1 Å². The zero-order valence-electron chi connectivity index (χ0n) is 32.0. The molecule has 24 heteroatoms. The van der Waals surface area contributed by atoms with E-state index < -0.39 is 110 Å². The number of carbonyl (C=O) groups excluding carboxylic acids is 6. The molecule has 6 rings (SSSR count). The molecule has 2 aromatic carbocycles. The van der Waals surface area contributed by atoms with Crippen molar-refractivity contribution in [2.75, 3.05) is 0 Å². The number of nitrogens with one attached hydrogen (secondary N) is 4. The fourth-order valence-electron chi connectivity index (χ4n) is 7.27. The molecule has 4 aliphatic rings. The molecule has 8 atom stereocenters. The number of carboxylic acids is 2. The number of thioether (sulfide) groups is 2. The summed E-state index contributed by atoms with van der Waals surface area (Å²) in [6.07, 6.45) is -0.907. The molecule has 4 heterocycles. The number of fused-ring (bicyclic) bond motifs is 2. The van der Waals surface area contributed by atoms with Crippen LogP contribution in [0.3, 0.4) is 0 Å². The second-order valence-electron chi connectivity index (χ2n) is 14.5. The van der Waals surface area contributed by atoms with Crippen LogP contribution in [0.2, 0.25) is 0 Å². The van der Waals surface area contributed by atoms with Crippen LogP contribution in [0.4, 0.5) is 0 Å². The number of phenols is 2. The summed E-state index contributed by atoms with van der Waals surface area (Å²) >= 11 is 2.41. The molecule has 4 unspecified atom stereocenters. The van der Waals surface area contributed by atoms with E-state index >= 15 is 0 Å². The maximum atomic E-state index is 13.7. The third-order valence-corrected chi connectivity index (χ3v) is 13.0. The largest absolute Gasteiger partial charge is 0.508 e. The van der Waals surface area contributed by atoms with Crippen LogP contribution in [0.5, 0.6) is 11.5 Å². The van der Waals surface area contributed by atoms with E-state index in [0.717, 1.165) is 0 Å². The second-order valence-corrected chi connectivity index (χ2v) is 18.1. The van der Waals surface area contributed by atoms with Crippen molar-refractivity contribution in [2.24, 2.45) is 0 Å². The van der Waals surface area contributed by atoms with E-state index in [1.807, 2.05) is 0 Å². The number of carbonyl (C=O) groups is 8. The molecule has 8 N–H and O–H groups in total. The van der Waals surface area contributed by atoms with Gasteiger partial charge in [0, 0.05) is 186 Å². The molecule has 0 bridgehead atoms. The minimum atomic E-state index is -1.48. The fourth-order valence-corrected chi connectivity index (χ4v) is 10.5. The number of aromatic hydroxyl groups is 2. The maximum absolute atomic E-state index is 13.7. The number of hydrogen-bond acceptors (Lipinski definition) is 12. The van der Waals surface area contributed by atoms with Crippen molar-refractivity contribution in [1.82, 2.24) is 31.1 Å². The van der Waals surface area contributed by atoms with Gasteiger partial charge < -0.3 is 51.5 Å². The van der Waals surface area contributed by atoms with Crippen LogP contribution >= 0.6 is 23.5 Å². The normalized spacial score (nSPS) is 24.8. The van der Waals surface area contributed by atoms with Crippen molar-refractivity contribution in [3.63, 3.8) is 0 Å². The monoisotopic (exact) mass is 1710 g/mol. The summed E-state index contributed by atoms with van der Waals surface area (Å²) in [5.74, 6) is -7.57. The molecule has 2 aromatic rings. The third kappa shape index (κ3) is 11.6. The van der Waals surface area contributed by atoms with E-state index in [1.165, 1.54) is 81.9 Å². The molecule has 0 saturated carbocycles. The Kier molecular flexibility index (Phi) is 20.6. The number of hydrogen-bond donors (Lipinski definition) is 8. The first kappa shape index (κ1) is 55.4. The van der Waals surface area contributed by atoms with E-state index in [9.17, 15) is 58.8 Å². The number of aliphatic carboxylic acids is 2. The smallest absolute Gasteiger partial charge is 0.327 e. The Balaban J connectivity index is 0.00000300. The van der Waals surface area contributed by atoms with E-state index in [4.69, 9.17) is 0 Å². The van der Waals surface area contributed by atoms with Gasteiger partial charge in [-0.25, -0.2) is 9.59 Å². The molecule has 4 saturated heterocycles. The van der Waals surface area contributed by atoms with Crippen molar-refractivity contribution in [2.45, 2.75) is 90.6 Å². The molecule has 4 aliphatic heterocycles. The van der Waals surface area contributed by atoms with E-state index in [-0.39, 0.29) is 199 Å². The zero-order valence-corrected chi connectivity index (χ0v) is 52.6.